The summed E-state index contributed by atoms with van der Waals surface area (Å²) in [7, 11) is 0. The monoisotopic (exact) mass is 462 g/mol. The first-order chi connectivity index (χ1) is 16.2. The highest BCUT2D eigenvalue weighted by Gasteiger charge is 2.28. The van der Waals surface area contributed by atoms with Crippen LogP contribution in [-0.4, -0.2) is 41.3 Å². The SMILES string of the molecule is CCOC(=O)c1ccccc1NC(C#N)C(Cc1c[nH]c2ccccc12)NC(=O)OC(C)(C)C. The number of hydrogen-bond donors (Lipinski definition) is 3. The summed E-state index contributed by atoms with van der Waals surface area (Å²) in [5, 5.41) is 17.0. The Morgan fingerprint density at radius 1 is 1.12 bits per heavy atom. The van der Waals surface area contributed by atoms with Gasteiger partial charge in [-0.05, 0) is 57.9 Å². The predicted octanol–water partition coefficient (Wildman–Crippen LogP) is 4.78. The molecule has 0 radical (unpaired) electrons. The van der Waals surface area contributed by atoms with Gasteiger partial charge < -0.3 is 25.1 Å². The molecule has 34 heavy (non-hydrogen) atoms. The van der Waals surface area contributed by atoms with Crippen LogP contribution in [0.2, 0.25) is 0 Å². The lowest BCUT2D eigenvalue weighted by Crippen LogP contribution is -2.49. The molecule has 8 heteroatoms. The third-order valence-corrected chi connectivity index (χ3v) is 5.09. The maximum absolute atomic E-state index is 12.6. The van der Waals surface area contributed by atoms with E-state index < -0.39 is 29.7 Å². The Hall–Kier alpha value is -3.99. The van der Waals surface area contributed by atoms with Crippen molar-refractivity contribution in [1.29, 1.82) is 5.26 Å². The van der Waals surface area contributed by atoms with Gasteiger partial charge in [0.15, 0.2) is 0 Å². The smallest absolute Gasteiger partial charge is 0.407 e. The molecule has 8 nitrogen and oxygen atoms in total. The van der Waals surface area contributed by atoms with Crippen molar-refractivity contribution in [2.75, 3.05) is 11.9 Å². The second-order valence-electron chi connectivity index (χ2n) is 8.83. The first kappa shape index (κ1) is 24.6. The summed E-state index contributed by atoms with van der Waals surface area (Å²) in [6.07, 6.45) is 1.60. The molecular weight excluding hydrogens is 432 g/mol. The van der Waals surface area contributed by atoms with Gasteiger partial charge in [-0.2, -0.15) is 5.26 Å². The minimum absolute atomic E-state index is 0.234. The molecule has 1 aromatic heterocycles. The van der Waals surface area contributed by atoms with Crippen LogP contribution in [-0.2, 0) is 15.9 Å². The molecule has 0 aliphatic carbocycles. The minimum atomic E-state index is -0.864. The molecule has 0 saturated carbocycles. The molecule has 0 aliphatic heterocycles. The predicted molar refractivity (Wildman–Crippen MR) is 131 cm³/mol. The number of para-hydroxylation sites is 2. The van der Waals surface area contributed by atoms with E-state index in [1.807, 2.05) is 30.5 Å². The normalized spacial score (nSPS) is 12.9. The van der Waals surface area contributed by atoms with Crippen molar-refractivity contribution in [3.05, 3.63) is 65.9 Å². The van der Waals surface area contributed by atoms with E-state index >= 15 is 0 Å². The molecule has 3 N–H and O–H groups in total. The van der Waals surface area contributed by atoms with Gasteiger partial charge >= 0.3 is 12.1 Å². The molecule has 3 rings (SSSR count). The van der Waals surface area contributed by atoms with E-state index in [2.05, 4.69) is 21.7 Å². The van der Waals surface area contributed by atoms with Gasteiger partial charge in [-0.3, -0.25) is 0 Å². The fourth-order valence-electron chi connectivity index (χ4n) is 3.63. The Morgan fingerprint density at radius 3 is 2.53 bits per heavy atom. The van der Waals surface area contributed by atoms with E-state index in [1.165, 1.54) is 0 Å². The Kier molecular flexibility index (Phi) is 7.79. The second-order valence-corrected chi connectivity index (χ2v) is 8.83. The van der Waals surface area contributed by atoms with Crippen LogP contribution in [0.25, 0.3) is 10.9 Å². The Bertz CT molecular complexity index is 1190. The number of fused-ring (bicyclic) bond motifs is 1. The number of aromatic amines is 1. The third kappa shape index (κ3) is 6.29. The molecule has 0 spiro atoms. The maximum Gasteiger partial charge on any atom is 0.407 e. The molecule has 0 saturated heterocycles. The van der Waals surface area contributed by atoms with Gasteiger partial charge in [0.1, 0.15) is 11.6 Å². The average Bonchev–Trinajstić information content (AvgIpc) is 3.19. The zero-order chi connectivity index (χ0) is 24.7. The second kappa shape index (κ2) is 10.8. The number of carbonyl (C=O) groups is 2. The summed E-state index contributed by atoms with van der Waals surface area (Å²) in [5.74, 6) is -0.490. The van der Waals surface area contributed by atoms with E-state index in [9.17, 15) is 14.9 Å². The number of hydrogen-bond acceptors (Lipinski definition) is 6. The molecule has 2 atom stereocenters. The van der Waals surface area contributed by atoms with E-state index in [0.29, 0.717) is 17.7 Å². The zero-order valence-electron chi connectivity index (χ0n) is 19.8. The van der Waals surface area contributed by atoms with E-state index in [-0.39, 0.29) is 6.61 Å². The van der Waals surface area contributed by atoms with Crippen molar-refractivity contribution in [1.82, 2.24) is 10.3 Å². The number of nitrogens with one attached hydrogen (secondary N) is 3. The Morgan fingerprint density at radius 2 is 1.82 bits per heavy atom. The fourth-order valence-corrected chi connectivity index (χ4v) is 3.63. The van der Waals surface area contributed by atoms with Crippen LogP contribution in [0.1, 0.15) is 43.6 Å². The Labute approximate surface area is 199 Å². The lowest BCUT2D eigenvalue weighted by molar-refractivity contribution is 0.0497. The van der Waals surface area contributed by atoms with Crippen LogP contribution in [0, 0.1) is 11.3 Å². The summed E-state index contributed by atoms with van der Waals surface area (Å²) in [5.41, 5.74) is 1.97. The summed E-state index contributed by atoms with van der Waals surface area (Å²) in [4.78, 5) is 28.3. The molecule has 2 aromatic carbocycles. The average molecular weight is 463 g/mol. The fraction of sp³-hybridized carbons (Fsp3) is 0.346. The van der Waals surface area contributed by atoms with Gasteiger partial charge in [0, 0.05) is 22.8 Å². The number of H-pyrrole nitrogens is 1. The molecule has 3 aromatic rings. The molecule has 178 valence electrons. The largest absolute Gasteiger partial charge is 0.462 e. The van der Waals surface area contributed by atoms with Crippen LogP contribution in [0.15, 0.2) is 54.7 Å². The topological polar surface area (TPSA) is 116 Å². The van der Waals surface area contributed by atoms with Gasteiger partial charge in [0.2, 0.25) is 0 Å². The number of carbonyl (C=O) groups excluding carboxylic acids is 2. The van der Waals surface area contributed by atoms with E-state index in [4.69, 9.17) is 9.47 Å². The van der Waals surface area contributed by atoms with Gasteiger partial charge in [-0.15, -0.1) is 0 Å². The number of alkyl carbamates (subject to hydrolysis) is 1. The van der Waals surface area contributed by atoms with Crippen LogP contribution in [0.3, 0.4) is 0 Å². The van der Waals surface area contributed by atoms with E-state index in [1.54, 1.807) is 52.0 Å². The number of benzene rings is 2. The molecular formula is C26H30N4O4. The highest BCUT2D eigenvalue weighted by atomic mass is 16.6. The molecule has 1 amide bonds. The van der Waals surface area contributed by atoms with Crippen LogP contribution < -0.4 is 10.6 Å². The van der Waals surface area contributed by atoms with E-state index in [0.717, 1.165) is 16.5 Å². The van der Waals surface area contributed by atoms with Crippen molar-refractivity contribution >= 4 is 28.7 Å². The first-order valence-corrected chi connectivity index (χ1v) is 11.2. The number of rotatable bonds is 8. The van der Waals surface area contributed by atoms with Crippen molar-refractivity contribution < 1.29 is 19.1 Å². The number of esters is 1. The first-order valence-electron chi connectivity index (χ1n) is 11.2. The summed E-state index contributed by atoms with van der Waals surface area (Å²) in [6.45, 7) is 7.29. The zero-order valence-corrected chi connectivity index (χ0v) is 19.8. The lowest BCUT2D eigenvalue weighted by Gasteiger charge is -2.27. The lowest BCUT2D eigenvalue weighted by atomic mass is 9.99. The van der Waals surface area contributed by atoms with Gasteiger partial charge in [-0.25, -0.2) is 9.59 Å². The Balaban J connectivity index is 1.91. The maximum atomic E-state index is 12.6. The number of amides is 1. The number of anilines is 1. The quantitative estimate of drug-likeness (QED) is 0.415. The summed E-state index contributed by atoms with van der Waals surface area (Å²) < 4.78 is 10.6. The highest BCUT2D eigenvalue weighted by Crippen LogP contribution is 2.23. The standard InChI is InChI=1S/C26H30N4O4/c1-5-33-24(31)19-11-7-9-13-21(19)29-23(15-27)22(30-25(32)34-26(2,3)4)14-17-16-28-20-12-8-6-10-18(17)20/h6-13,16,22-23,28-29H,5,14H2,1-4H3,(H,30,32). The van der Waals surface area contributed by atoms with Crippen molar-refractivity contribution in [3.63, 3.8) is 0 Å². The molecule has 1 heterocycles. The minimum Gasteiger partial charge on any atom is -0.462 e. The third-order valence-electron chi connectivity index (χ3n) is 5.09. The molecule has 2 unspecified atom stereocenters. The summed E-state index contributed by atoms with van der Waals surface area (Å²) in [6, 6.07) is 15.3. The highest BCUT2D eigenvalue weighted by molar-refractivity contribution is 5.95. The van der Waals surface area contributed by atoms with Crippen LogP contribution in [0.5, 0.6) is 0 Å². The van der Waals surface area contributed by atoms with Gasteiger partial charge in [-0.1, -0.05) is 30.3 Å². The molecule has 0 bridgehead atoms. The molecule has 0 aliphatic rings. The number of aromatic nitrogens is 1. The molecule has 0 fully saturated rings. The van der Waals surface area contributed by atoms with Gasteiger partial charge in [0.25, 0.3) is 0 Å². The number of nitriles is 1. The van der Waals surface area contributed by atoms with Crippen molar-refractivity contribution in [2.24, 2.45) is 0 Å². The van der Waals surface area contributed by atoms with Crippen molar-refractivity contribution in [3.8, 4) is 6.07 Å². The number of ether oxygens (including phenoxy) is 2. The van der Waals surface area contributed by atoms with Crippen LogP contribution in [0.4, 0.5) is 10.5 Å². The van der Waals surface area contributed by atoms with Gasteiger partial charge in [0.05, 0.1) is 24.3 Å². The van der Waals surface area contributed by atoms with Crippen molar-refractivity contribution in [2.45, 2.75) is 51.8 Å². The van der Waals surface area contributed by atoms with Crippen LogP contribution >= 0.6 is 0 Å². The number of nitrogens with zero attached hydrogens (tertiary/aromatic N) is 1. The summed E-state index contributed by atoms with van der Waals surface area (Å²) >= 11 is 0.